The van der Waals surface area contributed by atoms with Crippen LogP contribution in [0.5, 0.6) is 0 Å². The van der Waals surface area contributed by atoms with Gasteiger partial charge in [0.1, 0.15) is 11.4 Å². The number of carbonyl (C=O) groups is 1. The van der Waals surface area contributed by atoms with Gasteiger partial charge >= 0.3 is 5.69 Å². The molecule has 0 aromatic heterocycles. The van der Waals surface area contributed by atoms with Crippen LogP contribution in [0.2, 0.25) is 0 Å². The number of nitrogens with zero attached hydrogens (tertiary/aromatic N) is 1. The third-order valence-corrected chi connectivity index (χ3v) is 2.31. The van der Waals surface area contributed by atoms with Crippen LogP contribution in [0.1, 0.15) is 30.1 Å². The molecular formula is C11H12F2N2O3. The molecule has 7 heteroatoms. The van der Waals surface area contributed by atoms with Gasteiger partial charge in [-0.3, -0.25) is 14.9 Å². The Morgan fingerprint density at radius 2 is 2.11 bits per heavy atom. The fourth-order valence-corrected chi connectivity index (χ4v) is 1.36. The van der Waals surface area contributed by atoms with Crippen molar-refractivity contribution in [1.82, 2.24) is 5.32 Å². The molecule has 0 fully saturated rings. The highest BCUT2D eigenvalue weighted by Gasteiger charge is 2.25. The predicted octanol–water partition coefficient (Wildman–Crippen LogP) is 2.40. The standard InChI is InChI=1S/C11H12F2N2O3/c1-2-3-6-14-11(16)9-7(12)4-5-8(10(9)13)15(17)18/h4-5H,2-3,6H2,1H3,(H,14,16). The van der Waals surface area contributed by atoms with Crippen LogP contribution in [0.4, 0.5) is 14.5 Å². The molecule has 1 amide bonds. The molecule has 0 bridgehead atoms. The fourth-order valence-electron chi connectivity index (χ4n) is 1.36. The van der Waals surface area contributed by atoms with Gasteiger partial charge < -0.3 is 5.32 Å². The third kappa shape index (κ3) is 2.99. The zero-order chi connectivity index (χ0) is 13.7. The average Bonchev–Trinajstić information content (AvgIpc) is 2.28. The van der Waals surface area contributed by atoms with E-state index in [2.05, 4.69) is 5.32 Å². The van der Waals surface area contributed by atoms with E-state index in [1.165, 1.54) is 0 Å². The van der Waals surface area contributed by atoms with Crippen LogP contribution in [-0.4, -0.2) is 17.4 Å². The molecule has 0 atom stereocenters. The first-order valence-electron chi connectivity index (χ1n) is 5.39. The van der Waals surface area contributed by atoms with Gasteiger partial charge in [0.2, 0.25) is 5.82 Å². The lowest BCUT2D eigenvalue weighted by molar-refractivity contribution is -0.387. The van der Waals surface area contributed by atoms with E-state index in [-0.39, 0.29) is 6.54 Å². The Morgan fingerprint density at radius 1 is 1.44 bits per heavy atom. The van der Waals surface area contributed by atoms with Crippen LogP contribution in [0.3, 0.4) is 0 Å². The number of nitro groups is 1. The van der Waals surface area contributed by atoms with Gasteiger partial charge in [0.15, 0.2) is 0 Å². The van der Waals surface area contributed by atoms with Crippen LogP contribution in [0.25, 0.3) is 0 Å². The lowest BCUT2D eigenvalue weighted by Gasteiger charge is -2.06. The van der Waals surface area contributed by atoms with Gasteiger partial charge in [0.25, 0.3) is 5.91 Å². The second-order valence-electron chi connectivity index (χ2n) is 3.62. The summed E-state index contributed by atoms with van der Waals surface area (Å²) in [6.45, 7) is 2.15. The van der Waals surface area contributed by atoms with Gasteiger partial charge in [-0.05, 0) is 12.5 Å². The zero-order valence-electron chi connectivity index (χ0n) is 9.70. The van der Waals surface area contributed by atoms with Crippen molar-refractivity contribution in [3.63, 3.8) is 0 Å². The van der Waals surface area contributed by atoms with Crippen LogP contribution in [0, 0.1) is 21.7 Å². The van der Waals surface area contributed by atoms with E-state index in [1.807, 2.05) is 6.92 Å². The van der Waals surface area contributed by atoms with E-state index in [9.17, 15) is 23.7 Å². The van der Waals surface area contributed by atoms with E-state index in [4.69, 9.17) is 0 Å². The molecule has 0 radical (unpaired) electrons. The van der Waals surface area contributed by atoms with Crippen molar-refractivity contribution in [1.29, 1.82) is 0 Å². The van der Waals surface area contributed by atoms with E-state index in [0.717, 1.165) is 6.42 Å². The summed E-state index contributed by atoms with van der Waals surface area (Å²) in [5.74, 6) is -3.55. The molecule has 0 heterocycles. The normalized spacial score (nSPS) is 10.2. The molecule has 0 aliphatic heterocycles. The number of carbonyl (C=O) groups excluding carboxylic acids is 1. The highest BCUT2D eigenvalue weighted by atomic mass is 19.1. The minimum atomic E-state index is -1.45. The van der Waals surface area contributed by atoms with Crippen molar-refractivity contribution < 1.29 is 18.5 Å². The second-order valence-corrected chi connectivity index (χ2v) is 3.62. The average molecular weight is 258 g/mol. The highest BCUT2D eigenvalue weighted by Crippen LogP contribution is 2.22. The van der Waals surface area contributed by atoms with Gasteiger partial charge in [0.05, 0.1) is 4.92 Å². The Kier molecular flexibility index (Phi) is 4.70. The van der Waals surface area contributed by atoms with Crippen molar-refractivity contribution in [2.45, 2.75) is 19.8 Å². The SMILES string of the molecule is CCCCNC(=O)c1c(F)ccc([N+](=O)[O-])c1F. The van der Waals surface area contributed by atoms with Crippen LogP contribution in [0.15, 0.2) is 12.1 Å². The first-order chi connectivity index (χ1) is 8.49. The molecular weight excluding hydrogens is 246 g/mol. The summed E-state index contributed by atoms with van der Waals surface area (Å²) in [6, 6.07) is 1.39. The third-order valence-electron chi connectivity index (χ3n) is 2.31. The number of hydrogen-bond acceptors (Lipinski definition) is 3. The lowest BCUT2D eigenvalue weighted by atomic mass is 10.1. The maximum atomic E-state index is 13.6. The largest absolute Gasteiger partial charge is 0.352 e. The molecule has 1 aromatic carbocycles. The number of amides is 1. The topological polar surface area (TPSA) is 72.2 Å². The molecule has 5 nitrogen and oxygen atoms in total. The van der Waals surface area contributed by atoms with Gasteiger partial charge in [-0.1, -0.05) is 13.3 Å². The van der Waals surface area contributed by atoms with Gasteiger partial charge in [-0.15, -0.1) is 0 Å². The number of halogens is 2. The van der Waals surface area contributed by atoms with E-state index >= 15 is 0 Å². The Hall–Kier alpha value is -2.05. The lowest BCUT2D eigenvalue weighted by Crippen LogP contribution is -2.26. The predicted molar refractivity (Wildman–Crippen MR) is 60.3 cm³/mol. The Morgan fingerprint density at radius 3 is 2.67 bits per heavy atom. The van der Waals surface area contributed by atoms with E-state index in [0.29, 0.717) is 18.6 Å². The summed E-state index contributed by atoms with van der Waals surface area (Å²) in [5.41, 5.74) is -1.84. The molecule has 0 saturated carbocycles. The van der Waals surface area contributed by atoms with Crippen molar-refractivity contribution in [3.05, 3.63) is 39.4 Å². The summed E-state index contributed by atoms with van der Waals surface area (Å²) < 4.78 is 26.9. The quantitative estimate of drug-likeness (QED) is 0.500. The maximum Gasteiger partial charge on any atom is 0.305 e. The van der Waals surface area contributed by atoms with Gasteiger partial charge in [-0.25, -0.2) is 4.39 Å². The summed E-state index contributed by atoms with van der Waals surface area (Å²) in [7, 11) is 0. The number of hydrogen-bond donors (Lipinski definition) is 1. The molecule has 0 aliphatic carbocycles. The minimum absolute atomic E-state index is 0.261. The molecule has 18 heavy (non-hydrogen) atoms. The van der Waals surface area contributed by atoms with E-state index < -0.39 is 33.7 Å². The number of benzene rings is 1. The Bertz CT molecular complexity index is 478. The van der Waals surface area contributed by atoms with Gasteiger partial charge in [-0.2, -0.15) is 4.39 Å². The number of unbranched alkanes of at least 4 members (excludes halogenated alkanes) is 1. The molecule has 98 valence electrons. The molecule has 1 aromatic rings. The van der Waals surface area contributed by atoms with Crippen molar-refractivity contribution in [3.8, 4) is 0 Å². The van der Waals surface area contributed by atoms with Crippen LogP contribution in [-0.2, 0) is 0 Å². The summed E-state index contributed by atoms with van der Waals surface area (Å²) in [4.78, 5) is 21.0. The van der Waals surface area contributed by atoms with Crippen LogP contribution < -0.4 is 5.32 Å². The number of nitro benzene ring substituents is 1. The maximum absolute atomic E-state index is 13.6. The number of nitrogens with one attached hydrogen (secondary N) is 1. The monoisotopic (exact) mass is 258 g/mol. The van der Waals surface area contributed by atoms with Crippen molar-refractivity contribution >= 4 is 11.6 Å². The molecule has 1 N–H and O–H groups in total. The highest BCUT2D eigenvalue weighted by molar-refractivity contribution is 5.95. The molecule has 0 unspecified atom stereocenters. The minimum Gasteiger partial charge on any atom is -0.352 e. The molecule has 0 saturated heterocycles. The van der Waals surface area contributed by atoms with Crippen LogP contribution >= 0.6 is 0 Å². The van der Waals surface area contributed by atoms with E-state index in [1.54, 1.807) is 0 Å². The molecule has 0 aliphatic rings. The van der Waals surface area contributed by atoms with Crippen molar-refractivity contribution in [2.75, 3.05) is 6.54 Å². The smallest absolute Gasteiger partial charge is 0.305 e. The summed E-state index contributed by atoms with van der Waals surface area (Å²) in [5, 5.41) is 12.8. The number of rotatable bonds is 5. The summed E-state index contributed by atoms with van der Waals surface area (Å²) in [6.07, 6.45) is 1.46. The summed E-state index contributed by atoms with van der Waals surface area (Å²) >= 11 is 0. The Labute approximate surface area is 102 Å². The molecule has 0 spiro atoms. The Balaban J connectivity index is 3.03. The van der Waals surface area contributed by atoms with Crippen molar-refractivity contribution in [2.24, 2.45) is 0 Å². The zero-order valence-corrected chi connectivity index (χ0v) is 9.70. The first-order valence-corrected chi connectivity index (χ1v) is 5.39. The first kappa shape index (κ1) is 14.0. The molecule has 1 rings (SSSR count). The second kappa shape index (κ2) is 6.04. The van der Waals surface area contributed by atoms with Gasteiger partial charge in [0, 0.05) is 12.6 Å². The fraction of sp³-hybridized carbons (Fsp3) is 0.364.